The molecule has 0 heterocycles. The fourth-order valence-electron chi connectivity index (χ4n) is 1.34. The van der Waals surface area contributed by atoms with Crippen molar-refractivity contribution in [2.75, 3.05) is 20.3 Å². The van der Waals surface area contributed by atoms with Crippen molar-refractivity contribution >= 4 is 23.9 Å². The van der Waals surface area contributed by atoms with Crippen LogP contribution in [0, 0.1) is 5.92 Å². The van der Waals surface area contributed by atoms with Crippen LogP contribution in [0.25, 0.3) is 0 Å². The standard InChI is InChI=1S/C11H16O4.C8H14O2.C5H8O2/c1-8(2)7-15-11(14)9(3)5-4-6-10(12)13;1-4-5-6-10-8(9)7(2)3;1-4(2)5(6)7-3/h4,6,8H,3,5,7H2,1-2H3,(H,12,13);2,4-6H2,1,3H3;1H2,2-3H3. The molecule has 0 saturated carbocycles. The van der Waals surface area contributed by atoms with Gasteiger partial charge in [0, 0.05) is 22.8 Å². The molecular formula is C24H38O8. The number of methoxy groups -OCH3 is 1. The van der Waals surface area contributed by atoms with Crippen LogP contribution >= 0.6 is 0 Å². The van der Waals surface area contributed by atoms with E-state index in [1.54, 1.807) is 13.8 Å². The van der Waals surface area contributed by atoms with E-state index < -0.39 is 11.9 Å². The number of aliphatic carboxylic acids is 1. The van der Waals surface area contributed by atoms with Crippen molar-refractivity contribution in [1.82, 2.24) is 0 Å². The van der Waals surface area contributed by atoms with Gasteiger partial charge in [-0.2, -0.15) is 0 Å². The molecule has 0 bridgehead atoms. The Morgan fingerprint density at radius 1 is 0.938 bits per heavy atom. The number of ether oxygens (including phenoxy) is 3. The largest absolute Gasteiger partial charge is 0.478 e. The summed E-state index contributed by atoms with van der Waals surface area (Å²) in [5, 5.41) is 8.31. The van der Waals surface area contributed by atoms with E-state index in [1.165, 1.54) is 13.2 Å². The van der Waals surface area contributed by atoms with E-state index in [4.69, 9.17) is 14.6 Å². The van der Waals surface area contributed by atoms with Gasteiger partial charge in [-0.25, -0.2) is 19.2 Å². The highest BCUT2D eigenvalue weighted by molar-refractivity contribution is 5.88. The van der Waals surface area contributed by atoms with E-state index in [2.05, 4.69) is 31.4 Å². The second-order valence-corrected chi connectivity index (χ2v) is 7.08. The van der Waals surface area contributed by atoms with Crippen molar-refractivity contribution in [2.24, 2.45) is 5.92 Å². The van der Waals surface area contributed by atoms with Gasteiger partial charge in [-0.05, 0) is 32.6 Å². The Labute approximate surface area is 191 Å². The number of carboxylic acid groups (broad SMARTS) is 1. The number of esters is 3. The summed E-state index contributed by atoms with van der Waals surface area (Å²) in [6.45, 7) is 20.3. The van der Waals surface area contributed by atoms with Crippen molar-refractivity contribution in [3.63, 3.8) is 0 Å². The van der Waals surface area contributed by atoms with Crippen LogP contribution in [-0.4, -0.2) is 49.3 Å². The van der Waals surface area contributed by atoms with E-state index in [1.807, 2.05) is 13.8 Å². The van der Waals surface area contributed by atoms with Gasteiger partial charge in [0.2, 0.25) is 0 Å². The van der Waals surface area contributed by atoms with Gasteiger partial charge in [0.15, 0.2) is 0 Å². The molecule has 0 unspecified atom stereocenters. The maximum Gasteiger partial charge on any atom is 0.333 e. The maximum atomic E-state index is 11.2. The zero-order valence-corrected chi connectivity index (χ0v) is 20.2. The van der Waals surface area contributed by atoms with E-state index in [0.29, 0.717) is 24.4 Å². The zero-order valence-electron chi connectivity index (χ0n) is 20.2. The lowest BCUT2D eigenvalue weighted by atomic mass is 10.2. The number of carboxylic acids is 1. The predicted octanol–water partition coefficient (Wildman–Crippen LogP) is 4.41. The van der Waals surface area contributed by atoms with Gasteiger partial charge < -0.3 is 19.3 Å². The van der Waals surface area contributed by atoms with Crippen LogP contribution in [0.15, 0.2) is 48.6 Å². The summed E-state index contributed by atoms with van der Waals surface area (Å²) >= 11 is 0. The summed E-state index contributed by atoms with van der Waals surface area (Å²) < 4.78 is 14.0. The fourth-order valence-corrected chi connectivity index (χ4v) is 1.34. The molecule has 8 heteroatoms. The van der Waals surface area contributed by atoms with E-state index >= 15 is 0 Å². The third kappa shape index (κ3) is 24.9. The average Bonchev–Trinajstić information content (AvgIpc) is 2.71. The minimum Gasteiger partial charge on any atom is -0.478 e. The summed E-state index contributed by atoms with van der Waals surface area (Å²) in [5.74, 6) is -1.87. The van der Waals surface area contributed by atoms with E-state index in [9.17, 15) is 19.2 Å². The van der Waals surface area contributed by atoms with Gasteiger partial charge in [-0.15, -0.1) is 0 Å². The molecule has 0 aromatic carbocycles. The Kier molecular flexibility index (Phi) is 22.1. The number of hydrogen-bond acceptors (Lipinski definition) is 7. The van der Waals surface area contributed by atoms with Crippen LogP contribution in [0.2, 0.25) is 0 Å². The van der Waals surface area contributed by atoms with Crippen LogP contribution in [0.3, 0.4) is 0 Å². The Morgan fingerprint density at radius 3 is 1.81 bits per heavy atom. The predicted molar refractivity (Wildman–Crippen MR) is 124 cm³/mol. The lowest BCUT2D eigenvalue weighted by molar-refractivity contribution is -0.140. The topological polar surface area (TPSA) is 116 Å². The lowest BCUT2D eigenvalue weighted by Crippen LogP contribution is -2.11. The third-order valence-corrected chi connectivity index (χ3v) is 3.07. The second-order valence-electron chi connectivity index (χ2n) is 7.08. The van der Waals surface area contributed by atoms with Crippen molar-refractivity contribution < 1.29 is 38.5 Å². The molecule has 8 nitrogen and oxygen atoms in total. The minimum atomic E-state index is -1.04. The quantitative estimate of drug-likeness (QED) is 0.211. The molecule has 0 aromatic heterocycles. The van der Waals surface area contributed by atoms with E-state index in [0.717, 1.165) is 18.9 Å². The first-order valence-electron chi connectivity index (χ1n) is 10.1. The first-order chi connectivity index (χ1) is 14.8. The molecule has 0 aromatic rings. The summed E-state index contributed by atoms with van der Waals surface area (Å²) in [6.07, 6.45) is 4.51. The van der Waals surface area contributed by atoms with Gasteiger partial charge in [0.25, 0.3) is 0 Å². The van der Waals surface area contributed by atoms with Crippen LogP contribution in [0.5, 0.6) is 0 Å². The van der Waals surface area contributed by atoms with Gasteiger partial charge in [-0.3, -0.25) is 0 Å². The SMILES string of the molecule is C=C(C)C(=O)OC.C=C(C)C(=O)OCCCC.C=C(CC=CC(=O)O)C(=O)OCC(C)C. The molecule has 0 amide bonds. The average molecular weight is 455 g/mol. The first kappa shape index (κ1) is 33.5. The Morgan fingerprint density at radius 2 is 1.47 bits per heavy atom. The zero-order chi connectivity index (χ0) is 25.7. The minimum absolute atomic E-state index is 0.198. The third-order valence-electron chi connectivity index (χ3n) is 3.07. The van der Waals surface area contributed by atoms with Crippen LogP contribution in [0.4, 0.5) is 0 Å². The van der Waals surface area contributed by atoms with Crippen molar-refractivity contribution in [1.29, 1.82) is 0 Å². The molecule has 32 heavy (non-hydrogen) atoms. The van der Waals surface area contributed by atoms with Gasteiger partial charge in [0.1, 0.15) is 0 Å². The van der Waals surface area contributed by atoms with Gasteiger partial charge in [0.05, 0.1) is 20.3 Å². The maximum absolute atomic E-state index is 11.2. The normalized spacial score (nSPS) is 9.47. The number of rotatable bonds is 11. The molecule has 0 fully saturated rings. The van der Waals surface area contributed by atoms with Crippen LogP contribution in [-0.2, 0) is 33.4 Å². The van der Waals surface area contributed by atoms with Crippen LogP contribution < -0.4 is 0 Å². The molecule has 0 radical (unpaired) electrons. The molecule has 0 aliphatic carbocycles. The Balaban J connectivity index is -0.000000427. The van der Waals surface area contributed by atoms with Crippen LogP contribution in [0.1, 0.15) is 53.9 Å². The molecule has 0 aliphatic heterocycles. The Hall–Kier alpha value is -3.16. The van der Waals surface area contributed by atoms with Crippen molar-refractivity contribution in [3.05, 3.63) is 48.6 Å². The lowest BCUT2D eigenvalue weighted by Gasteiger charge is -2.07. The monoisotopic (exact) mass is 454 g/mol. The van der Waals surface area contributed by atoms with Gasteiger partial charge in [-0.1, -0.05) is 53.0 Å². The van der Waals surface area contributed by atoms with Gasteiger partial charge >= 0.3 is 23.9 Å². The Bertz CT molecular complexity index is 671. The molecule has 182 valence electrons. The molecule has 1 N–H and O–H groups in total. The second kappa shape index (κ2) is 21.1. The molecule has 0 rings (SSSR count). The molecule has 0 spiro atoms. The smallest absolute Gasteiger partial charge is 0.333 e. The summed E-state index contributed by atoms with van der Waals surface area (Å²) in [6, 6.07) is 0. The first-order valence-corrected chi connectivity index (χ1v) is 10.1. The number of carbonyl (C=O) groups is 4. The van der Waals surface area contributed by atoms with Crippen molar-refractivity contribution in [3.8, 4) is 0 Å². The highest BCUT2D eigenvalue weighted by atomic mass is 16.5. The molecule has 0 saturated heterocycles. The summed E-state index contributed by atoms with van der Waals surface area (Å²) in [7, 11) is 1.33. The van der Waals surface area contributed by atoms with E-state index in [-0.39, 0.29) is 29.9 Å². The molecular weight excluding hydrogens is 416 g/mol. The fraction of sp³-hybridized carbons (Fsp3) is 0.500. The summed E-state index contributed by atoms with van der Waals surface area (Å²) in [5.41, 5.74) is 1.16. The molecule has 0 atom stereocenters. The number of carbonyl (C=O) groups excluding carboxylic acids is 3. The number of allylic oxidation sites excluding steroid dienone is 1. The summed E-state index contributed by atoms with van der Waals surface area (Å²) in [4.78, 5) is 42.2. The number of hydrogen-bond donors (Lipinski definition) is 1. The molecule has 0 aliphatic rings. The van der Waals surface area contributed by atoms with Crippen molar-refractivity contribution in [2.45, 2.75) is 53.9 Å². The highest BCUT2D eigenvalue weighted by Gasteiger charge is 2.07. The number of unbranched alkanes of at least 4 members (excludes halogenated alkanes) is 1. The highest BCUT2D eigenvalue weighted by Crippen LogP contribution is 2.04.